The maximum Gasteiger partial charge on any atom is 0.317 e. The SMILES string of the molecule is NC(c1cc(Cl)c(Cl)cc1O)C1CCN(C(=O)NC2CC2)CC1. The fraction of sp³-hybridized carbons (Fsp3) is 0.562. The van der Waals surface area contributed by atoms with Crippen LogP contribution in [0.5, 0.6) is 5.75 Å². The minimum absolute atomic E-state index is 0.0249. The third-order valence-electron chi connectivity index (χ3n) is 4.67. The Kier molecular flexibility index (Phi) is 4.90. The summed E-state index contributed by atoms with van der Waals surface area (Å²) >= 11 is 11.9. The van der Waals surface area contributed by atoms with Gasteiger partial charge >= 0.3 is 6.03 Å². The molecule has 1 aliphatic heterocycles. The minimum Gasteiger partial charge on any atom is -0.508 e. The first kappa shape index (κ1) is 16.7. The first-order valence-electron chi connectivity index (χ1n) is 7.94. The smallest absolute Gasteiger partial charge is 0.317 e. The molecule has 2 aliphatic rings. The van der Waals surface area contributed by atoms with Crippen LogP contribution in [0.25, 0.3) is 0 Å². The van der Waals surface area contributed by atoms with Crippen molar-refractivity contribution < 1.29 is 9.90 Å². The van der Waals surface area contributed by atoms with E-state index in [1.165, 1.54) is 6.07 Å². The molecular weight excluding hydrogens is 337 g/mol. The maximum atomic E-state index is 12.0. The van der Waals surface area contributed by atoms with E-state index < -0.39 is 0 Å². The van der Waals surface area contributed by atoms with E-state index in [0.717, 1.165) is 25.7 Å². The summed E-state index contributed by atoms with van der Waals surface area (Å²) in [6, 6.07) is 3.14. The van der Waals surface area contributed by atoms with E-state index in [1.54, 1.807) is 6.07 Å². The quantitative estimate of drug-likeness (QED) is 0.776. The summed E-state index contributed by atoms with van der Waals surface area (Å²) in [5.74, 6) is 0.268. The summed E-state index contributed by atoms with van der Waals surface area (Å²) in [6.07, 6.45) is 3.78. The molecule has 1 heterocycles. The number of nitrogens with one attached hydrogen (secondary N) is 1. The molecule has 23 heavy (non-hydrogen) atoms. The van der Waals surface area contributed by atoms with Crippen molar-refractivity contribution in [1.82, 2.24) is 10.2 Å². The van der Waals surface area contributed by atoms with Crippen molar-refractivity contribution in [3.8, 4) is 5.75 Å². The minimum atomic E-state index is -0.321. The van der Waals surface area contributed by atoms with Gasteiger partial charge in [-0.05, 0) is 37.7 Å². The Labute approximate surface area is 145 Å². The molecule has 2 amide bonds. The van der Waals surface area contributed by atoms with E-state index in [4.69, 9.17) is 28.9 Å². The standard InChI is InChI=1S/C16H21Cl2N3O2/c17-12-7-11(14(22)8-13(12)18)15(19)9-3-5-21(6-4-9)16(23)20-10-1-2-10/h7-10,15,22H,1-6,19H2,(H,20,23). The number of nitrogens with zero attached hydrogens (tertiary/aromatic N) is 1. The number of hydrogen-bond donors (Lipinski definition) is 3. The first-order valence-corrected chi connectivity index (χ1v) is 8.70. The molecule has 2 fully saturated rings. The number of urea groups is 1. The van der Waals surface area contributed by atoms with Crippen LogP contribution in [0.2, 0.25) is 10.0 Å². The number of phenols is 1. The van der Waals surface area contributed by atoms with Crippen molar-refractivity contribution >= 4 is 29.2 Å². The molecule has 0 bridgehead atoms. The molecule has 1 aliphatic carbocycles. The number of likely N-dealkylation sites (tertiary alicyclic amines) is 1. The van der Waals surface area contributed by atoms with E-state index in [2.05, 4.69) is 5.32 Å². The summed E-state index contributed by atoms with van der Waals surface area (Å²) < 4.78 is 0. The third kappa shape index (κ3) is 3.84. The predicted molar refractivity (Wildman–Crippen MR) is 90.9 cm³/mol. The number of hydrogen-bond acceptors (Lipinski definition) is 3. The lowest BCUT2D eigenvalue weighted by molar-refractivity contribution is 0.162. The van der Waals surface area contributed by atoms with E-state index in [0.29, 0.717) is 34.7 Å². The highest BCUT2D eigenvalue weighted by molar-refractivity contribution is 6.42. The summed E-state index contributed by atoms with van der Waals surface area (Å²) in [5.41, 5.74) is 6.93. The lowest BCUT2D eigenvalue weighted by Gasteiger charge is -2.35. The average Bonchev–Trinajstić information content (AvgIpc) is 3.34. The number of amides is 2. The number of phenolic OH excluding ortho intramolecular Hbond substituents is 1. The van der Waals surface area contributed by atoms with Gasteiger partial charge in [-0.15, -0.1) is 0 Å². The molecule has 7 heteroatoms. The highest BCUT2D eigenvalue weighted by Crippen LogP contribution is 2.37. The molecule has 1 unspecified atom stereocenters. The second kappa shape index (κ2) is 6.75. The topological polar surface area (TPSA) is 78.6 Å². The van der Waals surface area contributed by atoms with Gasteiger partial charge in [0.25, 0.3) is 0 Å². The van der Waals surface area contributed by atoms with Gasteiger partial charge < -0.3 is 21.1 Å². The van der Waals surface area contributed by atoms with Crippen LogP contribution in [0.15, 0.2) is 12.1 Å². The van der Waals surface area contributed by atoms with Crippen LogP contribution in [-0.4, -0.2) is 35.2 Å². The van der Waals surface area contributed by atoms with Crippen molar-refractivity contribution in [1.29, 1.82) is 0 Å². The van der Waals surface area contributed by atoms with Gasteiger partial charge in [-0.3, -0.25) is 0 Å². The second-order valence-corrected chi connectivity index (χ2v) is 7.21. The molecule has 0 aromatic heterocycles. The van der Waals surface area contributed by atoms with Crippen LogP contribution < -0.4 is 11.1 Å². The van der Waals surface area contributed by atoms with Crippen LogP contribution in [-0.2, 0) is 0 Å². The van der Waals surface area contributed by atoms with Crippen molar-refractivity contribution in [2.24, 2.45) is 11.7 Å². The van der Waals surface area contributed by atoms with Crippen LogP contribution >= 0.6 is 23.2 Å². The summed E-state index contributed by atoms with van der Waals surface area (Å²) in [5, 5.41) is 13.8. The zero-order valence-electron chi connectivity index (χ0n) is 12.8. The Bertz CT molecular complexity index is 599. The van der Waals surface area contributed by atoms with E-state index in [9.17, 15) is 9.90 Å². The van der Waals surface area contributed by atoms with Crippen LogP contribution in [0.1, 0.15) is 37.3 Å². The Hall–Kier alpha value is -1.17. The average molecular weight is 358 g/mol. The first-order chi connectivity index (χ1) is 11.0. The largest absolute Gasteiger partial charge is 0.508 e. The van der Waals surface area contributed by atoms with Crippen molar-refractivity contribution in [3.05, 3.63) is 27.7 Å². The number of aromatic hydroxyl groups is 1. The van der Waals surface area contributed by atoms with Gasteiger partial charge in [0.05, 0.1) is 10.0 Å². The molecule has 1 saturated heterocycles. The van der Waals surface area contributed by atoms with Crippen molar-refractivity contribution in [2.75, 3.05) is 13.1 Å². The third-order valence-corrected chi connectivity index (χ3v) is 5.39. The highest BCUT2D eigenvalue weighted by Gasteiger charge is 2.31. The lowest BCUT2D eigenvalue weighted by atomic mass is 9.85. The van der Waals surface area contributed by atoms with Gasteiger partial charge in [-0.1, -0.05) is 23.2 Å². The molecule has 5 nitrogen and oxygen atoms in total. The number of rotatable bonds is 3. The molecular formula is C16H21Cl2N3O2. The maximum absolute atomic E-state index is 12.0. The van der Waals surface area contributed by atoms with Crippen LogP contribution in [0.3, 0.4) is 0 Å². The molecule has 126 valence electrons. The lowest BCUT2D eigenvalue weighted by Crippen LogP contribution is -2.46. The fourth-order valence-corrected chi connectivity index (χ4v) is 3.36. The normalized spacial score (nSPS) is 20.4. The molecule has 4 N–H and O–H groups in total. The molecule has 1 aromatic carbocycles. The van der Waals surface area contributed by atoms with Gasteiger partial charge in [0, 0.05) is 36.8 Å². The monoisotopic (exact) mass is 357 g/mol. The van der Waals surface area contributed by atoms with Gasteiger partial charge in [-0.25, -0.2) is 4.79 Å². The predicted octanol–water partition coefficient (Wildman–Crippen LogP) is 3.28. The van der Waals surface area contributed by atoms with E-state index in [-0.39, 0.29) is 23.7 Å². The number of benzene rings is 1. The van der Waals surface area contributed by atoms with Gasteiger partial charge in [0.15, 0.2) is 0 Å². The Balaban J connectivity index is 1.60. The van der Waals surface area contributed by atoms with Crippen molar-refractivity contribution in [2.45, 2.75) is 37.8 Å². The molecule has 1 aromatic rings. The second-order valence-electron chi connectivity index (χ2n) is 6.40. The summed E-state index contributed by atoms with van der Waals surface area (Å²) in [6.45, 7) is 1.36. The molecule has 1 atom stereocenters. The molecule has 0 spiro atoms. The Morgan fingerprint density at radius 3 is 2.43 bits per heavy atom. The highest BCUT2D eigenvalue weighted by atomic mass is 35.5. The van der Waals surface area contributed by atoms with Crippen molar-refractivity contribution in [3.63, 3.8) is 0 Å². The number of carbonyl (C=O) groups is 1. The number of halogens is 2. The number of piperidine rings is 1. The molecule has 0 radical (unpaired) electrons. The molecule has 3 rings (SSSR count). The van der Waals surface area contributed by atoms with E-state index >= 15 is 0 Å². The van der Waals surface area contributed by atoms with Gasteiger partial charge in [-0.2, -0.15) is 0 Å². The van der Waals surface area contributed by atoms with E-state index in [1.807, 2.05) is 4.90 Å². The van der Waals surface area contributed by atoms with Crippen LogP contribution in [0.4, 0.5) is 4.79 Å². The zero-order valence-corrected chi connectivity index (χ0v) is 14.3. The number of carbonyl (C=O) groups excluding carboxylic acids is 1. The Morgan fingerprint density at radius 2 is 1.83 bits per heavy atom. The number of nitrogens with two attached hydrogens (primary N) is 1. The summed E-state index contributed by atoms with van der Waals surface area (Å²) in [7, 11) is 0. The Morgan fingerprint density at radius 1 is 1.22 bits per heavy atom. The molecule has 1 saturated carbocycles. The summed E-state index contributed by atoms with van der Waals surface area (Å²) in [4.78, 5) is 13.9. The van der Waals surface area contributed by atoms with Crippen LogP contribution in [0, 0.1) is 5.92 Å². The van der Waals surface area contributed by atoms with Gasteiger partial charge in [0.1, 0.15) is 5.75 Å². The fourth-order valence-electron chi connectivity index (χ4n) is 3.03. The van der Waals surface area contributed by atoms with Gasteiger partial charge in [0.2, 0.25) is 0 Å². The zero-order chi connectivity index (χ0) is 16.6.